The zero-order valence-corrected chi connectivity index (χ0v) is 11.5. The summed E-state index contributed by atoms with van der Waals surface area (Å²) in [6.45, 7) is 4.90. The second-order valence-corrected chi connectivity index (χ2v) is 4.05. The number of aromatic nitrogens is 3. The highest BCUT2D eigenvalue weighted by Crippen LogP contribution is 2.18. The van der Waals surface area contributed by atoms with Gasteiger partial charge in [-0.15, -0.1) is 37.2 Å². The molecule has 5 nitrogen and oxygen atoms in total. The first kappa shape index (κ1) is 18.3. The third-order valence-corrected chi connectivity index (χ3v) is 2.42. The molecule has 0 aromatic carbocycles. The van der Waals surface area contributed by atoms with Crippen LogP contribution in [-0.4, -0.2) is 38.7 Å². The highest BCUT2D eigenvalue weighted by molar-refractivity contribution is 5.86. The lowest BCUT2D eigenvalue weighted by molar-refractivity contribution is 0.302. The molecule has 8 heteroatoms. The van der Waals surface area contributed by atoms with Crippen molar-refractivity contribution in [3.8, 4) is 0 Å². The summed E-state index contributed by atoms with van der Waals surface area (Å²) in [5, 5.41) is 6.65. The first-order valence-electron chi connectivity index (χ1n) is 4.51. The van der Waals surface area contributed by atoms with Gasteiger partial charge in [0.25, 0.3) is 0 Å². The molecule has 1 aromatic heterocycles. The number of likely N-dealkylation sites (tertiary alicyclic amines) is 1. The molecule has 16 heavy (non-hydrogen) atoms. The fourth-order valence-electron chi connectivity index (χ4n) is 1.74. The van der Waals surface area contributed by atoms with Crippen LogP contribution in [-0.2, 0) is 6.54 Å². The molecule has 1 unspecified atom stereocenters. The fraction of sp³-hybridized carbons (Fsp3) is 0.750. The van der Waals surface area contributed by atoms with Crippen LogP contribution >= 0.6 is 37.2 Å². The number of hydrogen-bond donors (Lipinski definition) is 2. The molecule has 1 aliphatic rings. The van der Waals surface area contributed by atoms with Gasteiger partial charge in [0.2, 0.25) is 0 Å². The normalized spacial score (nSPS) is 24.1. The summed E-state index contributed by atoms with van der Waals surface area (Å²) in [6.07, 6.45) is 2.59. The summed E-state index contributed by atoms with van der Waals surface area (Å²) in [7, 11) is 0. The Kier molecular flexibility index (Phi) is 8.34. The van der Waals surface area contributed by atoms with Crippen LogP contribution in [0.1, 0.15) is 19.2 Å². The van der Waals surface area contributed by atoms with Crippen molar-refractivity contribution in [2.24, 2.45) is 5.73 Å². The summed E-state index contributed by atoms with van der Waals surface area (Å²) in [5.74, 6) is 0.915. The Bertz CT molecular complexity index is 277. The molecular formula is C8H18Cl3N5. The first-order chi connectivity index (χ1) is 6.16. The van der Waals surface area contributed by atoms with Crippen LogP contribution in [0, 0.1) is 0 Å². The molecule has 2 heterocycles. The van der Waals surface area contributed by atoms with E-state index in [4.69, 9.17) is 5.73 Å². The average Bonchev–Trinajstić information content (AvgIpc) is 2.61. The number of nitrogens with two attached hydrogens (primary N) is 1. The minimum absolute atomic E-state index is 0. The molecule has 96 valence electrons. The van der Waals surface area contributed by atoms with E-state index in [-0.39, 0.29) is 42.8 Å². The SMILES string of the molecule is CC1(N)CCN(Cc2ncn[nH]2)C1.Cl.Cl.Cl. The number of halogens is 3. The number of hydrogen-bond acceptors (Lipinski definition) is 4. The number of nitrogens with one attached hydrogen (secondary N) is 1. The summed E-state index contributed by atoms with van der Waals surface area (Å²) in [6, 6.07) is 0. The van der Waals surface area contributed by atoms with Crippen molar-refractivity contribution in [3.05, 3.63) is 12.2 Å². The van der Waals surface area contributed by atoms with Crippen LogP contribution in [0.4, 0.5) is 0 Å². The zero-order chi connectivity index (χ0) is 9.31. The maximum absolute atomic E-state index is 6.01. The van der Waals surface area contributed by atoms with Crippen LogP contribution in [0.25, 0.3) is 0 Å². The molecule has 1 saturated heterocycles. The maximum Gasteiger partial charge on any atom is 0.138 e. The number of H-pyrrole nitrogens is 1. The van der Waals surface area contributed by atoms with Gasteiger partial charge in [0.1, 0.15) is 12.2 Å². The van der Waals surface area contributed by atoms with E-state index in [0.717, 1.165) is 31.9 Å². The second kappa shape index (κ2) is 7.29. The van der Waals surface area contributed by atoms with Crippen LogP contribution in [0.5, 0.6) is 0 Å². The van der Waals surface area contributed by atoms with Crippen LogP contribution in [0.3, 0.4) is 0 Å². The lowest BCUT2D eigenvalue weighted by atomic mass is 10.0. The smallest absolute Gasteiger partial charge is 0.138 e. The van der Waals surface area contributed by atoms with E-state index < -0.39 is 0 Å². The first-order valence-corrected chi connectivity index (χ1v) is 4.51. The summed E-state index contributed by atoms with van der Waals surface area (Å²) in [5.41, 5.74) is 5.98. The van der Waals surface area contributed by atoms with Gasteiger partial charge in [-0.25, -0.2) is 4.98 Å². The van der Waals surface area contributed by atoms with Crippen molar-refractivity contribution in [1.29, 1.82) is 0 Å². The monoisotopic (exact) mass is 289 g/mol. The highest BCUT2D eigenvalue weighted by Gasteiger charge is 2.29. The molecule has 0 saturated carbocycles. The van der Waals surface area contributed by atoms with Gasteiger partial charge in [0.05, 0.1) is 6.54 Å². The van der Waals surface area contributed by atoms with Crippen LogP contribution in [0.2, 0.25) is 0 Å². The largest absolute Gasteiger partial charge is 0.324 e. The Hall–Kier alpha value is -0.0700. The summed E-state index contributed by atoms with van der Waals surface area (Å²) < 4.78 is 0. The van der Waals surface area contributed by atoms with E-state index in [1.807, 2.05) is 0 Å². The van der Waals surface area contributed by atoms with Crippen molar-refractivity contribution in [2.75, 3.05) is 13.1 Å². The van der Waals surface area contributed by atoms with Crippen molar-refractivity contribution < 1.29 is 0 Å². The molecule has 0 bridgehead atoms. The van der Waals surface area contributed by atoms with Crippen molar-refractivity contribution >= 4 is 37.2 Å². The Morgan fingerprint density at radius 3 is 2.62 bits per heavy atom. The number of rotatable bonds is 2. The van der Waals surface area contributed by atoms with Crippen molar-refractivity contribution in [2.45, 2.75) is 25.4 Å². The predicted molar refractivity (Wildman–Crippen MR) is 70.6 cm³/mol. The van der Waals surface area contributed by atoms with Gasteiger partial charge in [-0.3, -0.25) is 10.00 Å². The third-order valence-electron chi connectivity index (χ3n) is 2.42. The molecule has 0 spiro atoms. The summed E-state index contributed by atoms with van der Waals surface area (Å²) in [4.78, 5) is 6.37. The minimum atomic E-state index is -0.0278. The Balaban J connectivity index is 0. The molecule has 0 amide bonds. The van der Waals surface area contributed by atoms with Gasteiger partial charge < -0.3 is 5.73 Å². The van der Waals surface area contributed by atoms with Gasteiger partial charge in [-0.1, -0.05) is 0 Å². The zero-order valence-electron chi connectivity index (χ0n) is 9.05. The lowest BCUT2D eigenvalue weighted by Gasteiger charge is -2.18. The van der Waals surface area contributed by atoms with Crippen LogP contribution < -0.4 is 5.73 Å². The Morgan fingerprint density at radius 1 is 1.50 bits per heavy atom. The van der Waals surface area contributed by atoms with Crippen molar-refractivity contribution in [1.82, 2.24) is 20.1 Å². The second-order valence-electron chi connectivity index (χ2n) is 4.05. The molecule has 1 atom stereocenters. The molecule has 1 aromatic rings. The van der Waals surface area contributed by atoms with Gasteiger partial charge >= 0.3 is 0 Å². The maximum atomic E-state index is 6.01. The molecule has 1 fully saturated rings. The lowest BCUT2D eigenvalue weighted by Crippen LogP contribution is -2.39. The predicted octanol–water partition coefficient (Wildman–Crippen LogP) is 0.993. The van der Waals surface area contributed by atoms with Gasteiger partial charge in [0.15, 0.2) is 0 Å². The average molecular weight is 291 g/mol. The van der Waals surface area contributed by atoms with E-state index in [1.165, 1.54) is 6.33 Å². The topological polar surface area (TPSA) is 70.8 Å². The Labute approximate surface area is 114 Å². The fourth-order valence-corrected chi connectivity index (χ4v) is 1.74. The van der Waals surface area contributed by atoms with E-state index >= 15 is 0 Å². The number of aromatic amines is 1. The molecule has 0 radical (unpaired) electrons. The van der Waals surface area contributed by atoms with E-state index in [9.17, 15) is 0 Å². The molecule has 1 aliphatic heterocycles. The molecule has 0 aliphatic carbocycles. The van der Waals surface area contributed by atoms with Gasteiger partial charge in [-0.05, 0) is 13.3 Å². The molecular weight excluding hydrogens is 272 g/mol. The number of nitrogens with zero attached hydrogens (tertiary/aromatic N) is 3. The molecule has 3 N–H and O–H groups in total. The quantitative estimate of drug-likeness (QED) is 0.852. The molecule has 2 rings (SSSR count). The highest BCUT2D eigenvalue weighted by atomic mass is 35.5. The third kappa shape index (κ3) is 4.84. The van der Waals surface area contributed by atoms with Gasteiger partial charge in [0, 0.05) is 18.6 Å². The van der Waals surface area contributed by atoms with Crippen LogP contribution in [0.15, 0.2) is 6.33 Å². The van der Waals surface area contributed by atoms with Crippen molar-refractivity contribution in [3.63, 3.8) is 0 Å². The van der Waals surface area contributed by atoms with E-state index in [1.54, 1.807) is 0 Å². The standard InChI is InChI=1S/C8H15N5.3ClH/c1-8(9)2-3-13(5-8)4-7-10-6-11-12-7;;;/h6H,2-5,9H2,1H3,(H,10,11,12);3*1H. The summed E-state index contributed by atoms with van der Waals surface area (Å²) >= 11 is 0. The Morgan fingerprint density at radius 2 is 2.19 bits per heavy atom. The minimum Gasteiger partial charge on any atom is -0.324 e. The van der Waals surface area contributed by atoms with E-state index in [0.29, 0.717) is 0 Å². The van der Waals surface area contributed by atoms with E-state index in [2.05, 4.69) is 27.0 Å². The van der Waals surface area contributed by atoms with Gasteiger partial charge in [-0.2, -0.15) is 5.10 Å².